The van der Waals surface area contributed by atoms with E-state index in [0.717, 1.165) is 25.9 Å². The lowest BCUT2D eigenvalue weighted by Crippen LogP contribution is -2.49. The van der Waals surface area contributed by atoms with Crippen LogP contribution in [0.2, 0.25) is 0 Å². The fourth-order valence-corrected chi connectivity index (χ4v) is 4.84. The van der Waals surface area contributed by atoms with Crippen LogP contribution in [0.15, 0.2) is 30.5 Å². The van der Waals surface area contributed by atoms with Gasteiger partial charge in [0.25, 0.3) is 0 Å². The smallest absolute Gasteiger partial charge is 0.231 e. The first kappa shape index (κ1) is 19.3. The average Bonchev–Trinajstić information content (AvgIpc) is 3.06. The summed E-state index contributed by atoms with van der Waals surface area (Å²) in [5.74, 6) is 0.816. The Balaban J connectivity index is 1.69. The van der Waals surface area contributed by atoms with Crippen LogP contribution < -0.4 is 0 Å². The Bertz CT molecular complexity index is 908. The molecule has 2 heterocycles. The molecule has 4 nitrogen and oxygen atoms in total. The van der Waals surface area contributed by atoms with Crippen molar-refractivity contribution in [1.29, 1.82) is 0 Å². The molecule has 4 rings (SSSR count). The van der Waals surface area contributed by atoms with Gasteiger partial charge in [-0.25, -0.2) is 0 Å². The zero-order chi connectivity index (χ0) is 20.0. The number of fused-ring (bicyclic) bond motifs is 2. The van der Waals surface area contributed by atoms with Crippen LogP contribution in [-0.2, 0) is 11.2 Å². The Morgan fingerprint density at radius 2 is 2.07 bits per heavy atom. The molecule has 0 spiro atoms. The Hall–Kier alpha value is -2.07. The zero-order valence-electron chi connectivity index (χ0n) is 17.8. The van der Waals surface area contributed by atoms with Gasteiger partial charge in [0.1, 0.15) is 0 Å². The molecule has 150 valence electrons. The van der Waals surface area contributed by atoms with E-state index in [2.05, 4.69) is 80.0 Å². The highest BCUT2D eigenvalue weighted by atomic mass is 16.2. The van der Waals surface area contributed by atoms with Crippen LogP contribution in [0, 0.1) is 11.8 Å². The zero-order valence-corrected chi connectivity index (χ0v) is 17.8. The number of H-pyrrole nitrogens is 1. The summed E-state index contributed by atoms with van der Waals surface area (Å²) in [6, 6.07) is 7.08. The van der Waals surface area contributed by atoms with E-state index in [1.165, 1.54) is 27.6 Å². The van der Waals surface area contributed by atoms with Gasteiger partial charge in [-0.2, -0.15) is 0 Å². The van der Waals surface area contributed by atoms with Crippen LogP contribution in [0.25, 0.3) is 16.5 Å². The Labute approximate surface area is 168 Å². The number of carbonyl (C=O) groups is 1. The van der Waals surface area contributed by atoms with Crippen LogP contribution >= 0.6 is 0 Å². The predicted molar refractivity (Wildman–Crippen MR) is 116 cm³/mol. The summed E-state index contributed by atoms with van der Waals surface area (Å²) in [4.78, 5) is 21.3. The number of aromatic nitrogens is 1. The fourth-order valence-electron chi connectivity index (χ4n) is 4.84. The molecule has 0 saturated heterocycles. The number of nitrogens with zero attached hydrogens (tertiary/aromatic N) is 2. The molecular weight excluding hydrogens is 346 g/mol. The minimum absolute atomic E-state index is 0.0680. The summed E-state index contributed by atoms with van der Waals surface area (Å²) in [5, 5.41) is 1.34. The van der Waals surface area contributed by atoms with Gasteiger partial charge in [-0.05, 0) is 62.4 Å². The maximum absolute atomic E-state index is 13.5. The lowest BCUT2D eigenvalue weighted by molar-refractivity contribution is -0.136. The number of carbonyl (C=O) groups excluding carboxylic acids is 1. The lowest BCUT2D eigenvalue weighted by Gasteiger charge is -2.41. The topological polar surface area (TPSA) is 39.3 Å². The molecule has 4 heteroatoms. The first-order valence-corrected chi connectivity index (χ1v) is 10.7. The summed E-state index contributed by atoms with van der Waals surface area (Å²) < 4.78 is 0. The number of benzene rings is 1. The van der Waals surface area contributed by atoms with E-state index in [9.17, 15) is 4.79 Å². The second-order valence-electron chi connectivity index (χ2n) is 9.24. The second-order valence-corrected chi connectivity index (χ2v) is 9.24. The normalized spacial score (nSPS) is 21.9. The molecule has 0 radical (unpaired) electrons. The highest BCUT2D eigenvalue weighted by Gasteiger charge is 2.37. The minimum Gasteiger partial charge on any atom is -0.361 e. The number of amides is 1. The third-order valence-corrected chi connectivity index (χ3v) is 6.44. The minimum atomic E-state index is -0.0680. The quantitative estimate of drug-likeness (QED) is 0.840. The maximum atomic E-state index is 13.5. The molecule has 1 N–H and O–H groups in total. The largest absolute Gasteiger partial charge is 0.361 e. The van der Waals surface area contributed by atoms with Crippen molar-refractivity contribution < 1.29 is 4.79 Å². The molecule has 1 aromatic heterocycles. The summed E-state index contributed by atoms with van der Waals surface area (Å²) in [6.07, 6.45) is 6.50. The Morgan fingerprint density at radius 3 is 2.79 bits per heavy atom. The molecular formula is C24H33N3O. The molecule has 0 saturated carbocycles. The van der Waals surface area contributed by atoms with E-state index < -0.39 is 0 Å². The highest BCUT2D eigenvalue weighted by molar-refractivity contribution is 5.99. The third-order valence-electron chi connectivity index (χ3n) is 6.44. The third kappa shape index (κ3) is 3.28. The van der Waals surface area contributed by atoms with E-state index in [-0.39, 0.29) is 17.9 Å². The van der Waals surface area contributed by atoms with E-state index >= 15 is 0 Å². The van der Waals surface area contributed by atoms with Gasteiger partial charge in [-0.3, -0.25) is 9.69 Å². The molecule has 28 heavy (non-hydrogen) atoms. The molecule has 1 amide bonds. The van der Waals surface area contributed by atoms with Crippen LogP contribution in [0.5, 0.6) is 0 Å². The number of hydrogen-bond acceptors (Lipinski definition) is 2. The molecule has 2 unspecified atom stereocenters. The van der Waals surface area contributed by atoms with Gasteiger partial charge in [0.05, 0.1) is 5.92 Å². The van der Waals surface area contributed by atoms with Gasteiger partial charge in [-0.1, -0.05) is 32.1 Å². The van der Waals surface area contributed by atoms with Crippen molar-refractivity contribution in [2.45, 2.75) is 52.6 Å². The molecule has 2 aromatic rings. The van der Waals surface area contributed by atoms with Crippen LogP contribution in [-0.4, -0.2) is 52.9 Å². The van der Waals surface area contributed by atoms with Gasteiger partial charge >= 0.3 is 0 Å². The van der Waals surface area contributed by atoms with Crippen molar-refractivity contribution in [2.75, 3.05) is 20.1 Å². The van der Waals surface area contributed by atoms with Crippen molar-refractivity contribution in [2.24, 2.45) is 11.8 Å². The van der Waals surface area contributed by atoms with Gasteiger partial charge in [0, 0.05) is 42.3 Å². The number of hydrogen-bond donors (Lipinski definition) is 1. The van der Waals surface area contributed by atoms with Gasteiger partial charge < -0.3 is 9.88 Å². The summed E-state index contributed by atoms with van der Waals surface area (Å²) >= 11 is 0. The molecule has 0 fully saturated rings. The lowest BCUT2D eigenvalue weighted by atomic mass is 9.79. The Kier molecular flexibility index (Phi) is 5.09. The van der Waals surface area contributed by atoms with E-state index in [1.807, 2.05) is 0 Å². The SMILES string of the molecule is CC(C)CCN(C(=O)C1C=C2c3cccc4[nH]cc(c34)CC2N(C)C1)C(C)C. The van der Waals surface area contributed by atoms with Gasteiger partial charge in [-0.15, -0.1) is 0 Å². The van der Waals surface area contributed by atoms with Crippen molar-refractivity contribution >= 4 is 22.4 Å². The van der Waals surface area contributed by atoms with Crippen LogP contribution in [0.1, 0.15) is 45.2 Å². The molecule has 1 aliphatic heterocycles. The summed E-state index contributed by atoms with van der Waals surface area (Å²) in [6.45, 7) is 10.4. The summed E-state index contributed by atoms with van der Waals surface area (Å²) in [5.41, 5.74) is 5.22. The van der Waals surface area contributed by atoms with Crippen LogP contribution in [0.4, 0.5) is 0 Å². The molecule has 1 aliphatic carbocycles. The van der Waals surface area contributed by atoms with Crippen molar-refractivity contribution in [3.63, 3.8) is 0 Å². The number of likely N-dealkylation sites (N-methyl/N-ethyl adjacent to an activating group) is 1. The van der Waals surface area contributed by atoms with Gasteiger partial charge in [0.15, 0.2) is 0 Å². The van der Waals surface area contributed by atoms with Crippen molar-refractivity contribution in [1.82, 2.24) is 14.8 Å². The van der Waals surface area contributed by atoms with Gasteiger partial charge in [0.2, 0.25) is 5.91 Å². The van der Waals surface area contributed by atoms with Crippen LogP contribution in [0.3, 0.4) is 0 Å². The predicted octanol–water partition coefficient (Wildman–Crippen LogP) is 4.32. The van der Waals surface area contributed by atoms with E-state index in [4.69, 9.17) is 0 Å². The second kappa shape index (κ2) is 7.40. The number of rotatable bonds is 5. The Morgan fingerprint density at radius 1 is 1.29 bits per heavy atom. The molecule has 0 bridgehead atoms. The van der Waals surface area contributed by atoms with E-state index in [0.29, 0.717) is 12.0 Å². The average molecular weight is 380 g/mol. The first-order chi connectivity index (χ1) is 13.4. The van der Waals surface area contributed by atoms with E-state index in [1.54, 1.807) is 0 Å². The molecule has 2 atom stereocenters. The standard InChI is InChI=1S/C24H33N3O/c1-15(2)9-10-27(16(3)4)24(28)18-11-20-19-7-6-8-21-23(19)17(13-25-21)12-22(20)26(5)14-18/h6-8,11,13,15-16,18,22,25H,9-10,12,14H2,1-5H3. The summed E-state index contributed by atoms with van der Waals surface area (Å²) in [7, 11) is 2.17. The monoisotopic (exact) mass is 379 g/mol. The molecule has 1 aromatic carbocycles. The number of nitrogens with one attached hydrogen (secondary N) is 1. The maximum Gasteiger partial charge on any atom is 0.231 e. The first-order valence-electron chi connectivity index (χ1n) is 10.7. The highest BCUT2D eigenvalue weighted by Crippen LogP contribution is 2.41. The fraction of sp³-hybridized carbons (Fsp3) is 0.542. The van der Waals surface area contributed by atoms with Crippen molar-refractivity contribution in [3.8, 4) is 0 Å². The van der Waals surface area contributed by atoms with Crippen molar-refractivity contribution in [3.05, 3.63) is 41.6 Å². The number of aromatic amines is 1. The molecule has 2 aliphatic rings.